The first-order valence-electron chi connectivity index (χ1n) is 6.11. The third-order valence-electron chi connectivity index (χ3n) is 3.55. The zero-order valence-electron chi connectivity index (χ0n) is 10.8. The average Bonchev–Trinajstić information content (AvgIpc) is 2.17. The minimum absolute atomic E-state index is 0.204. The van der Waals surface area contributed by atoms with Gasteiger partial charge in [-0.25, -0.2) is 0 Å². The standard InChI is InChI=1S/C12H27N3/c1-11(2)9-12(3,10-13)15-7-5-14(4)6-8-15/h11H,5-10,13H2,1-4H3. The highest BCUT2D eigenvalue weighted by molar-refractivity contribution is 4.90. The van der Waals surface area contributed by atoms with Crippen LogP contribution >= 0.6 is 0 Å². The predicted octanol–water partition coefficient (Wildman–Crippen LogP) is 0.997. The van der Waals surface area contributed by atoms with Gasteiger partial charge in [0.2, 0.25) is 0 Å². The molecule has 0 aromatic rings. The van der Waals surface area contributed by atoms with E-state index in [0.717, 1.165) is 25.6 Å². The highest BCUT2D eigenvalue weighted by Gasteiger charge is 2.32. The molecular weight excluding hydrogens is 186 g/mol. The number of nitrogens with two attached hydrogens (primary N) is 1. The molecule has 1 rings (SSSR count). The fraction of sp³-hybridized carbons (Fsp3) is 1.00. The Labute approximate surface area is 94.6 Å². The zero-order chi connectivity index (χ0) is 11.5. The fourth-order valence-corrected chi connectivity index (χ4v) is 2.57. The van der Waals surface area contributed by atoms with Gasteiger partial charge in [-0.1, -0.05) is 13.8 Å². The van der Waals surface area contributed by atoms with Gasteiger partial charge >= 0.3 is 0 Å². The summed E-state index contributed by atoms with van der Waals surface area (Å²) < 4.78 is 0. The van der Waals surface area contributed by atoms with Crippen molar-refractivity contribution in [1.29, 1.82) is 0 Å². The molecule has 3 heteroatoms. The van der Waals surface area contributed by atoms with Gasteiger partial charge in [0, 0.05) is 38.3 Å². The highest BCUT2D eigenvalue weighted by Crippen LogP contribution is 2.24. The van der Waals surface area contributed by atoms with Crippen molar-refractivity contribution in [2.75, 3.05) is 39.8 Å². The molecule has 1 aliphatic heterocycles. The van der Waals surface area contributed by atoms with Gasteiger partial charge in [-0.15, -0.1) is 0 Å². The van der Waals surface area contributed by atoms with E-state index in [4.69, 9.17) is 5.73 Å². The summed E-state index contributed by atoms with van der Waals surface area (Å²) >= 11 is 0. The number of piperazine rings is 1. The first kappa shape index (κ1) is 12.9. The normalized spacial score (nSPS) is 24.4. The van der Waals surface area contributed by atoms with E-state index >= 15 is 0 Å². The van der Waals surface area contributed by atoms with Gasteiger partial charge in [0.15, 0.2) is 0 Å². The van der Waals surface area contributed by atoms with Crippen LogP contribution in [0.15, 0.2) is 0 Å². The molecule has 0 radical (unpaired) electrons. The molecule has 15 heavy (non-hydrogen) atoms. The minimum Gasteiger partial charge on any atom is -0.329 e. The van der Waals surface area contributed by atoms with Crippen LogP contribution in [0, 0.1) is 5.92 Å². The third kappa shape index (κ3) is 3.44. The Bertz CT molecular complexity index is 185. The number of rotatable bonds is 4. The average molecular weight is 213 g/mol. The van der Waals surface area contributed by atoms with Gasteiger partial charge in [-0.2, -0.15) is 0 Å². The molecule has 0 aromatic heterocycles. The second-order valence-electron chi connectivity index (χ2n) is 5.59. The third-order valence-corrected chi connectivity index (χ3v) is 3.55. The Hall–Kier alpha value is -0.120. The topological polar surface area (TPSA) is 32.5 Å². The van der Waals surface area contributed by atoms with Crippen LogP contribution in [0.4, 0.5) is 0 Å². The fourth-order valence-electron chi connectivity index (χ4n) is 2.57. The molecule has 0 aliphatic carbocycles. The summed E-state index contributed by atoms with van der Waals surface area (Å²) in [6.07, 6.45) is 1.20. The van der Waals surface area contributed by atoms with Gasteiger partial charge in [0.05, 0.1) is 0 Å². The number of likely N-dealkylation sites (N-methyl/N-ethyl adjacent to an activating group) is 1. The summed E-state index contributed by atoms with van der Waals surface area (Å²) in [4.78, 5) is 4.97. The van der Waals surface area contributed by atoms with Gasteiger partial charge in [-0.3, -0.25) is 4.90 Å². The van der Waals surface area contributed by atoms with Crippen LogP contribution in [-0.2, 0) is 0 Å². The summed E-state index contributed by atoms with van der Waals surface area (Å²) in [7, 11) is 2.19. The van der Waals surface area contributed by atoms with Crippen LogP contribution in [0.3, 0.4) is 0 Å². The molecular formula is C12H27N3. The van der Waals surface area contributed by atoms with Crippen LogP contribution in [0.1, 0.15) is 27.2 Å². The van der Waals surface area contributed by atoms with E-state index in [1.54, 1.807) is 0 Å². The number of hydrogen-bond donors (Lipinski definition) is 1. The zero-order valence-corrected chi connectivity index (χ0v) is 10.8. The number of nitrogens with zero attached hydrogens (tertiary/aromatic N) is 2. The maximum atomic E-state index is 5.97. The summed E-state index contributed by atoms with van der Waals surface area (Å²) in [5.74, 6) is 0.721. The molecule has 1 unspecified atom stereocenters. The highest BCUT2D eigenvalue weighted by atomic mass is 15.3. The van der Waals surface area contributed by atoms with Crippen molar-refractivity contribution in [3.8, 4) is 0 Å². The Morgan fingerprint density at radius 1 is 1.20 bits per heavy atom. The van der Waals surface area contributed by atoms with Gasteiger partial charge in [-0.05, 0) is 26.3 Å². The Morgan fingerprint density at radius 2 is 1.73 bits per heavy atom. The first-order chi connectivity index (χ1) is 6.98. The van der Waals surface area contributed by atoms with Gasteiger partial charge in [0.1, 0.15) is 0 Å². The number of hydrogen-bond acceptors (Lipinski definition) is 3. The Kier molecular flexibility index (Phi) is 4.56. The monoisotopic (exact) mass is 213 g/mol. The van der Waals surface area contributed by atoms with Crippen molar-refractivity contribution < 1.29 is 0 Å². The molecule has 0 bridgehead atoms. The van der Waals surface area contributed by atoms with E-state index in [1.807, 2.05) is 0 Å². The van der Waals surface area contributed by atoms with E-state index in [2.05, 4.69) is 37.6 Å². The smallest absolute Gasteiger partial charge is 0.0307 e. The predicted molar refractivity (Wildman–Crippen MR) is 66.0 cm³/mol. The maximum absolute atomic E-state index is 5.97. The molecule has 1 fully saturated rings. The minimum atomic E-state index is 0.204. The van der Waals surface area contributed by atoms with Crippen LogP contribution in [0.25, 0.3) is 0 Å². The lowest BCUT2D eigenvalue weighted by Gasteiger charge is -2.45. The molecule has 1 saturated heterocycles. The molecule has 0 spiro atoms. The van der Waals surface area contributed by atoms with Crippen molar-refractivity contribution in [2.24, 2.45) is 11.7 Å². The van der Waals surface area contributed by atoms with Crippen LogP contribution in [-0.4, -0.2) is 55.1 Å². The second kappa shape index (κ2) is 5.28. The van der Waals surface area contributed by atoms with Crippen LogP contribution in [0.5, 0.6) is 0 Å². The van der Waals surface area contributed by atoms with Crippen molar-refractivity contribution >= 4 is 0 Å². The summed E-state index contributed by atoms with van der Waals surface area (Å²) in [6.45, 7) is 12.3. The first-order valence-corrected chi connectivity index (χ1v) is 6.11. The second-order valence-corrected chi connectivity index (χ2v) is 5.59. The van der Waals surface area contributed by atoms with E-state index < -0.39 is 0 Å². The maximum Gasteiger partial charge on any atom is 0.0307 e. The van der Waals surface area contributed by atoms with Gasteiger partial charge < -0.3 is 10.6 Å². The van der Waals surface area contributed by atoms with E-state index in [0.29, 0.717) is 0 Å². The molecule has 1 aliphatic rings. The van der Waals surface area contributed by atoms with Crippen LogP contribution < -0.4 is 5.73 Å². The molecule has 0 aromatic carbocycles. The Balaban J connectivity index is 2.57. The van der Waals surface area contributed by atoms with E-state index in [9.17, 15) is 0 Å². The largest absolute Gasteiger partial charge is 0.329 e. The van der Waals surface area contributed by atoms with E-state index in [-0.39, 0.29) is 5.54 Å². The van der Waals surface area contributed by atoms with Crippen molar-refractivity contribution in [3.63, 3.8) is 0 Å². The summed E-state index contributed by atoms with van der Waals surface area (Å²) in [5.41, 5.74) is 6.17. The molecule has 1 atom stereocenters. The molecule has 3 nitrogen and oxygen atoms in total. The molecule has 0 amide bonds. The van der Waals surface area contributed by atoms with Crippen molar-refractivity contribution in [1.82, 2.24) is 9.80 Å². The van der Waals surface area contributed by atoms with Gasteiger partial charge in [0.25, 0.3) is 0 Å². The van der Waals surface area contributed by atoms with Crippen molar-refractivity contribution in [2.45, 2.75) is 32.7 Å². The Morgan fingerprint density at radius 3 is 2.13 bits per heavy atom. The van der Waals surface area contributed by atoms with Crippen molar-refractivity contribution in [3.05, 3.63) is 0 Å². The summed E-state index contributed by atoms with van der Waals surface area (Å²) in [6, 6.07) is 0. The SMILES string of the molecule is CC(C)CC(C)(CN)N1CCN(C)CC1. The lowest BCUT2D eigenvalue weighted by atomic mass is 9.88. The molecule has 2 N–H and O–H groups in total. The molecule has 1 heterocycles. The quantitative estimate of drug-likeness (QED) is 0.756. The summed E-state index contributed by atoms with van der Waals surface area (Å²) in [5, 5.41) is 0. The lowest BCUT2D eigenvalue weighted by Crippen LogP contribution is -2.58. The van der Waals surface area contributed by atoms with Crippen LogP contribution in [0.2, 0.25) is 0 Å². The lowest BCUT2D eigenvalue weighted by molar-refractivity contribution is 0.0425. The molecule has 0 saturated carbocycles. The van der Waals surface area contributed by atoms with E-state index in [1.165, 1.54) is 19.5 Å². The molecule has 90 valence electrons.